The monoisotopic (exact) mass is 293 g/mol. The first kappa shape index (κ1) is 17.3. The zero-order chi connectivity index (χ0) is 16.0. The molecule has 1 aromatic rings. The number of benzene rings is 1. The Hall–Kier alpha value is -1.75. The number of carbonyl (C=O) groups excluding carboxylic acids is 1. The maximum Gasteiger partial charge on any atom is 0.253 e. The summed E-state index contributed by atoms with van der Waals surface area (Å²) < 4.78 is 5.16. The van der Waals surface area contributed by atoms with E-state index in [9.17, 15) is 4.79 Å². The summed E-state index contributed by atoms with van der Waals surface area (Å²) in [5.41, 5.74) is 6.82. The minimum Gasteiger partial charge on any atom is -0.495 e. The van der Waals surface area contributed by atoms with Gasteiger partial charge in [-0.15, -0.1) is 0 Å². The van der Waals surface area contributed by atoms with Gasteiger partial charge in [-0.05, 0) is 38.6 Å². The zero-order valence-corrected chi connectivity index (χ0v) is 13.6. The molecule has 3 N–H and O–H groups in total. The third-order valence-corrected chi connectivity index (χ3v) is 3.21. The Labute approximate surface area is 127 Å². The van der Waals surface area contributed by atoms with Crippen LogP contribution < -0.4 is 15.8 Å². The number of rotatable bonds is 7. The summed E-state index contributed by atoms with van der Waals surface area (Å²) in [4.78, 5) is 14.5. The Balaban J connectivity index is 2.86. The number of nitrogens with two attached hydrogens (primary N) is 1. The molecule has 0 radical (unpaired) electrons. The molecule has 1 unspecified atom stereocenters. The van der Waals surface area contributed by atoms with Gasteiger partial charge in [0.15, 0.2) is 0 Å². The third kappa shape index (κ3) is 5.27. The van der Waals surface area contributed by atoms with Crippen LogP contribution in [-0.2, 0) is 0 Å². The highest BCUT2D eigenvalue weighted by Crippen LogP contribution is 2.24. The van der Waals surface area contributed by atoms with Crippen molar-refractivity contribution in [2.24, 2.45) is 5.92 Å². The van der Waals surface area contributed by atoms with Crippen molar-refractivity contribution in [3.8, 4) is 5.75 Å². The lowest BCUT2D eigenvalue weighted by atomic mass is 10.0. The fourth-order valence-corrected chi connectivity index (χ4v) is 2.37. The third-order valence-electron chi connectivity index (χ3n) is 3.21. The van der Waals surface area contributed by atoms with Crippen molar-refractivity contribution in [3.63, 3.8) is 0 Å². The van der Waals surface area contributed by atoms with E-state index in [1.807, 2.05) is 14.1 Å². The Morgan fingerprint density at radius 1 is 1.38 bits per heavy atom. The number of hydrogen-bond donors (Lipinski definition) is 2. The Morgan fingerprint density at radius 2 is 2.05 bits per heavy atom. The summed E-state index contributed by atoms with van der Waals surface area (Å²) in [6.07, 6.45) is 0.924. The predicted molar refractivity (Wildman–Crippen MR) is 86.7 cm³/mol. The van der Waals surface area contributed by atoms with E-state index in [1.54, 1.807) is 25.3 Å². The lowest BCUT2D eigenvalue weighted by Crippen LogP contribution is -2.42. The first-order chi connectivity index (χ1) is 9.85. The molecule has 0 spiro atoms. The largest absolute Gasteiger partial charge is 0.495 e. The molecule has 0 fully saturated rings. The maximum absolute atomic E-state index is 12.4. The van der Waals surface area contributed by atoms with Crippen molar-refractivity contribution in [1.29, 1.82) is 0 Å². The Bertz CT molecular complexity index is 463. The summed E-state index contributed by atoms with van der Waals surface area (Å²) in [6.45, 7) is 5.09. The van der Waals surface area contributed by atoms with Crippen molar-refractivity contribution in [3.05, 3.63) is 23.8 Å². The van der Waals surface area contributed by atoms with E-state index in [2.05, 4.69) is 24.1 Å². The van der Waals surface area contributed by atoms with Gasteiger partial charge in [0.2, 0.25) is 0 Å². The Kier molecular flexibility index (Phi) is 6.49. The first-order valence-corrected chi connectivity index (χ1v) is 7.23. The highest BCUT2D eigenvalue weighted by Gasteiger charge is 2.18. The highest BCUT2D eigenvalue weighted by atomic mass is 16.5. The minimum absolute atomic E-state index is 0.0955. The second-order valence-corrected chi connectivity index (χ2v) is 5.98. The van der Waals surface area contributed by atoms with Crippen LogP contribution in [0.2, 0.25) is 0 Å². The van der Waals surface area contributed by atoms with Crippen LogP contribution in [0.25, 0.3) is 0 Å². The summed E-state index contributed by atoms with van der Waals surface area (Å²) in [7, 11) is 5.54. The van der Waals surface area contributed by atoms with Crippen molar-refractivity contribution in [2.75, 3.05) is 33.5 Å². The second kappa shape index (κ2) is 7.88. The van der Waals surface area contributed by atoms with E-state index >= 15 is 0 Å². The zero-order valence-electron chi connectivity index (χ0n) is 13.6. The van der Waals surface area contributed by atoms with Crippen LogP contribution >= 0.6 is 0 Å². The van der Waals surface area contributed by atoms with Crippen molar-refractivity contribution < 1.29 is 9.53 Å². The molecule has 0 saturated heterocycles. The van der Waals surface area contributed by atoms with Crippen LogP contribution in [-0.4, -0.2) is 44.6 Å². The second-order valence-electron chi connectivity index (χ2n) is 5.98. The van der Waals surface area contributed by atoms with Crippen LogP contribution in [0, 0.1) is 5.92 Å². The number of amides is 1. The average Bonchev–Trinajstić information content (AvgIpc) is 2.37. The molecule has 0 aliphatic rings. The van der Waals surface area contributed by atoms with Gasteiger partial charge in [-0.2, -0.15) is 0 Å². The number of likely N-dealkylation sites (N-methyl/N-ethyl adjacent to an activating group) is 1. The summed E-state index contributed by atoms with van der Waals surface area (Å²) in [5, 5.41) is 3.07. The average molecular weight is 293 g/mol. The quantitative estimate of drug-likeness (QED) is 0.754. The van der Waals surface area contributed by atoms with Gasteiger partial charge in [-0.1, -0.05) is 19.9 Å². The Morgan fingerprint density at radius 3 is 2.57 bits per heavy atom. The number of anilines is 1. The molecule has 0 aliphatic heterocycles. The van der Waals surface area contributed by atoms with Crippen LogP contribution in [0.15, 0.2) is 18.2 Å². The molecule has 0 heterocycles. The number of hydrogen-bond acceptors (Lipinski definition) is 4. The van der Waals surface area contributed by atoms with Gasteiger partial charge in [0, 0.05) is 12.6 Å². The SMILES string of the molecule is COc1cccc(C(=O)NC(CC(C)C)CN(C)C)c1N. The lowest BCUT2D eigenvalue weighted by Gasteiger charge is -2.24. The molecule has 1 atom stereocenters. The van der Waals surface area contributed by atoms with Gasteiger partial charge >= 0.3 is 0 Å². The van der Waals surface area contributed by atoms with E-state index in [4.69, 9.17) is 10.5 Å². The topological polar surface area (TPSA) is 67.6 Å². The first-order valence-electron chi connectivity index (χ1n) is 7.23. The predicted octanol–water partition coefficient (Wildman–Crippen LogP) is 1.98. The van der Waals surface area contributed by atoms with Gasteiger partial charge in [0.25, 0.3) is 5.91 Å². The molecule has 118 valence electrons. The molecule has 1 amide bonds. The van der Waals surface area contributed by atoms with Gasteiger partial charge in [0.1, 0.15) is 5.75 Å². The molecular weight excluding hydrogens is 266 g/mol. The molecule has 1 aromatic carbocycles. The normalized spacial score (nSPS) is 12.5. The van der Waals surface area contributed by atoms with E-state index in [0.717, 1.165) is 13.0 Å². The molecule has 1 rings (SSSR count). The van der Waals surface area contributed by atoms with Crippen LogP contribution in [0.4, 0.5) is 5.69 Å². The number of carbonyl (C=O) groups is 1. The molecule has 0 aliphatic carbocycles. The van der Waals surface area contributed by atoms with Gasteiger partial charge in [-0.3, -0.25) is 4.79 Å². The van der Waals surface area contributed by atoms with Crippen molar-refractivity contribution in [2.45, 2.75) is 26.3 Å². The van der Waals surface area contributed by atoms with E-state index in [0.29, 0.717) is 22.9 Å². The maximum atomic E-state index is 12.4. The van der Waals surface area contributed by atoms with E-state index in [-0.39, 0.29) is 11.9 Å². The van der Waals surface area contributed by atoms with Crippen LogP contribution in [0.5, 0.6) is 5.75 Å². The molecular formula is C16H27N3O2. The summed E-state index contributed by atoms with van der Waals surface area (Å²) in [5.74, 6) is 0.882. The van der Waals surface area contributed by atoms with Crippen LogP contribution in [0.1, 0.15) is 30.6 Å². The van der Waals surface area contributed by atoms with Gasteiger partial charge in [0.05, 0.1) is 18.4 Å². The fourth-order valence-electron chi connectivity index (χ4n) is 2.37. The standard InChI is InChI=1S/C16H27N3O2/c1-11(2)9-12(10-19(3)4)18-16(20)13-7-6-8-14(21-5)15(13)17/h6-8,11-12H,9-10,17H2,1-5H3,(H,18,20). The number of nitrogens with one attached hydrogen (secondary N) is 1. The highest BCUT2D eigenvalue weighted by molar-refractivity contribution is 6.00. The molecule has 21 heavy (non-hydrogen) atoms. The molecule has 0 aromatic heterocycles. The fraction of sp³-hybridized carbons (Fsp3) is 0.562. The molecule has 0 saturated carbocycles. The number of methoxy groups -OCH3 is 1. The summed E-state index contributed by atoms with van der Waals surface area (Å²) in [6, 6.07) is 5.33. The summed E-state index contributed by atoms with van der Waals surface area (Å²) >= 11 is 0. The van der Waals surface area contributed by atoms with Crippen molar-refractivity contribution >= 4 is 11.6 Å². The molecule has 5 heteroatoms. The van der Waals surface area contributed by atoms with Crippen LogP contribution in [0.3, 0.4) is 0 Å². The van der Waals surface area contributed by atoms with E-state index in [1.165, 1.54) is 0 Å². The number of nitrogen functional groups attached to an aromatic ring is 1. The number of para-hydroxylation sites is 1. The number of nitrogens with zero attached hydrogens (tertiary/aromatic N) is 1. The van der Waals surface area contributed by atoms with Crippen molar-refractivity contribution in [1.82, 2.24) is 10.2 Å². The molecule has 5 nitrogen and oxygen atoms in total. The smallest absolute Gasteiger partial charge is 0.253 e. The lowest BCUT2D eigenvalue weighted by molar-refractivity contribution is 0.0925. The number of ether oxygens (including phenoxy) is 1. The molecule has 0 bridgehead atoms. The minimum atomic E-state index is -0.154. The van der Waals surface area contributed by atoms with Gasteiger partial charge < -0.3 is 20.7 Å². The van der Waals surface area contributed by atoms with E-state index < -0.39 is 0 Å². The van der Waals surface area contributed by atoms with Gasteiger partial charge in [-0.25, -0.2) is 0 Å².